The second-order valence-electron chi connectivity index (χ2n) is 10.0. The van der Waals surface area contributed by atoms with Crippen LogP contribution in [0.15, 0.2) is 35.9 Å². The van der Waals surface area contributed by atoms with E-state index in [1.165, 1.54) is 95.5 Å². The number of benzene rings is 1. The van der Waals surface area contributed by atoms with Crippen molar-refractivity contribution in [2.75, 3.05) is 6.61 Å². The van der Waals surface area contributed by atoms with Crippen molar-refractivity contribution >= 4 is 0 Å². The summed E-state index contributed by atoms with van der Waals surface area (Å²) < 4.78 is 5.84. The standard InChI is InChI=1S/C29H46O/c1-3-5-7-23-30-29-21-15-26(16-22-29)10-9-25-13-19-28(20-14-25)27-17-11-24(12-18-27)8-6-4-2/h13,15-16,21-22,24,27-28H,3-12,14,17-20,23H2,1-2H3. The van der Waals surface area contributed by atoms with E-state index in [2.05, 4.69) is 44.2 Å². The lowest BCUT2D eigenvalue weighted by Crippen LogP contribution is -2.23. The Bertz CT molecular complexity index is 606. The molecule has 0 bridgehead atoms. The van der Waals surface area contributed by atoms with Crippen molar-refractivity contribution in [3.8, 4) is 5.75 Å². The van der Waals surface area contributed by atoms with E-state index in [-0.39, 0.29) is 0 Å². The van der Waals surface area contributed by atoms with Crippen LogP contribution in [-0.4, -0.2) is 6.61 Å². The molecular weight excluding hydrogens is 364 g/mol. The Labute approximate surface area is 186 Å². The van der Waals surface area contributed by atoms with Crippen LogP contribution >= 0.6 is 0 Å². The van der Waals surface area contributed by atoms with Crippen molar-refractivity contribution in [3.05, 3.63) is 41.5 Å². The minimum atomic E-state index is 0.849. The zero-order valence-corrected chi connectivity index (χ0v) is 19.8. The maximum Gasteiger partial charge on any atom is 0.119 e. The topological polar surface area (TPSA) is 9.23 Å². The van der Waals surface area contributed by atoms with Gasteiger partial charge in [-0.15, -0.1) is 0 Å². The molecule has 0 aromatic heterocycles. The average Bonchev–Trinajstić information content (AvgIpc) is 2.81. The average molecular weight is 411 g/mol. The fourth-order valence-electron chi connectivity index (χ4n) is 5.60. The lowest BCUT2D eigenvalue weighted by Gasteiger charge is -2.35. The molecule has 0 radical (unpaired) electrons. The molecule has 0 N–H and O–H groups in total. The predicted molar refractivity (Wildman–Crippen MR) is 130 cm³/mol. The fourth-order valence-corrected chi connectivity index (χ4v) is 5.60. The van der Waals surface area contributed by atoms with Crippen LogP contribution in [0.1, 0.15) is 109 Å². The molecule has 1 aromatic carbocycles. The second kappa shape index (κ2) is 13.2. The lowest BCUT2D eigenvalue weighted by molar-refractivity contribution is 0.185. The highest BCUT2D eigenvalue weighted by molar-refractivity contribution is 5.28. The Morgan fingerprint density at radius 1 is 0.800 bits per heavy atom. The molecule has 2 aliphatic carbocycles. The highest BCUT2D eigenvalue weighted by Gasteiger charge is 2.28. The van der Waals surface area contributed by atoms with Gasteiger partial charge in [-0.05, 0) is 86.8 Å². The van der Waals surface area contributed by atoms with Gasteiger partial charge < -0.3 is 4.74 Å². The SMILES string of the molecule is CCCCCOc1ccc(CCC2=CCC(C3CCC(CCCC)CC3)CC2)cc1. The molecule has 1 aromatic rings. The Morgan fingerprint density at radius 3 is 2.23 bits per heavy atom. The van der Waals surface area contributed by atoms with Crippen LogP contribution in [-0.2, 0) is 6.42 Å². The molecule has 2 aliphatic rings. The van der Waals surface area contributed by atoms with E-state index in [4.69, 9.17) is 4.74 Å². The highest BCUT2D eigenvalue weighted by atomic mass is 16.5. The maximum absolute atomic E-state index is 5.84. The number of hydrogen-bond donors (Lipinski definition) is 0. The summed E-state index contributed by atoms with van der Waals surface area (Å²) in [4.78, 5) is 0. The van der Waals surface area contributed by atoms with Crippen molar-refractivity contribution in [3.63, 3.8) is 0 Å². The van der Waals surface area contributed by atoms with Gasteiger partial charge >= 0.3 is 0 Å². The van der Waals surface area contributed by atoms with E-state index < -0.39 is 0 Å². The molecule has 1 unspecified atom stereocenters. The smallest absolute Gasteiger partial charge is 0.119 e. The largest absolute Gasteiger partial charge is 0.494 e. The second-order valence-corrected chi connectivity index (χ2v) is 10.0. The van der Waals surface area contributed by atoms with Gasteiger partial charge in [0.25, 0.3) is 0 Å². The monoisotopic (exact) mass is 410 g/mol. The third kappa shape index (κ3) is 7.78. The summed E-state index contributed by atoms with van der Waals surface area (Å²) in [5, 5.41) is 0. The number of ether oxygens (including phenoxy) is 1. The molecule has 168 valence electrons. The van der Waals surface area contributed by atoms with E-state index in [1.807, 2.05) is 0 Å². The van der Waals surface area contributed by atoms with Crippen molar-refractivity contribution < 1.29 is 4.74 Å². The molecule has 1 saturated carbocycles. The fraction of sp³-hybridized carbons (Fsp3) is 0.724. The van der Waals surface area contributed by atoms with Crippen LogP contribution in [0.4, 0.5) is 0 Å². The van der Waals surface area contributed by atoms with Gasteiger partial charge in [-0.25, -0.2) is 0 Å². The molecule has 0 saturated heterocycles. The molecule has 3 rings (SSSR count). The molecule has 1 fully saturated rings. The Kier molecular flexibility index (Phi) is 10.3. The summed E-state index contributed by atoms with van der Waals surface area (Å²) in [7, 11) is 0. The number of unbranched alkanes of at least 4 members (excludes halogenated alkanes) is 3. The molecule has 0 spiro atoms. The van der Waals surface area contributed by atoms with Gasteiger partial charge in [0.15, 0.2) is 0 Å². The number of allylic oxidation sites excluding steroid dienone is 2. The molecule has 1 nitrogen and oxygen atoms in total. The van der Waals surface area contributed by atoms with Crippen LogP contribution in [0.25, 0.3) is 0 Å². The Morgan fingerprint density at radius 2 is 1.57 bits per heavy atom. The summed E-state index contributed by atoms with van der Waals surface area (Å²) in [6.07, 6.45) is 23.2. The first kappa shape index (κ1) is 23.4. The van der Waals surface area contributed by atoms with Crippen molar-refractivity contribution in [2.45, 2.75) is 110 Å². The van der Waals surface area contributed by atoms with Gasteiger partial charge in [0, 0.05) is 0 Å². The summed E-state index contributed by atoms with van der Waals surface area (Å²) in [6.45, 7) is 5.41. The molecule has 1 atom stereocenters. The maximum atomic E-state index is 5.84. The third-order valence-corrected chi connectivity index (χ3v) is 7.74. The quantitative estimate of drug-likeness (QED) is 0.247. The Hall–Kier alpha value is -1.24. The van der Waals surface area contributed by atoms with Crippen molar-refractivity contribution in [2.24, 2.45) is 17.8 Å². The van der Waals surface area contributed by atoms with E-state index in [0.717, 1.165) is 36.5 Å². The lowest BCUT2D eigenvalue weighted by atomic mass is 9.70. The summed E-state index contributed by atoms with van der Waals surface area (Å²) in [6, 6.07) is 8.84. The third-order valence-electron chi connectivity index (χ3n) is 7.74. The molecule has 0 heterocycles. The van der Waals surface area contributed by atoms with Crippen LogP contribution < -0.4 is 4.74 Å². The molecule has 0 amide bonds. The zero-order valence-electron chi connectivity index (χ0n) is 19.8. The van der Waals surface area contributed by atoms with Gasteiger partial charge in [-0.3, -0.25) is 0 Å². The first-order chi connectivity index (χ1) is 14.8. The molecule has 30 heavy (non-hydrogen) atoms. The van der Waals surface area contributed by atoms with Gasteiger partial charge in [0.1, 0.15) is 5.75 Å². The van der Waals surface area contributed by atoms with Crippen LogP contribution in [0.5, 0.6) is 5.75 Å². The first-order valence-electron chi connectivity index (χ1n) is 13.2. The normalized spacial score (nSPS) is 24.5. The first-order valence-corrected chi connectivity index (χ1v) is 13.2. The number of aryl methyl sites for hydroxylation is 1. The summed E-state index contributed by atoms with van der Waals surface area (Å²) in [5.74, 6) is 4.07. The predicted octanol–water partition coefficient (Wildman–Crippen LogP) is 8.91. The highest BCUT2D eigenvalue weighted by Crippen LogP contribution is 2.41. The molecule has 0 aliphatic heterocycles. The zero-order chi connectivity index (χ0) is 21.0. The van der Waals surface area contributed by atoms with Crippen LogP contribution in [0.3, 0.4) is 0 Å². The summed E-state index contributed by atoms with van der Waals surface area (Å²) in [5.41, 5.74) is 3.16. The van der Waals surface area contributed by atoms with E-state index >= 15 is 0 Å². The van der Waals surface area contributed by atoms with Gasteiger partial charge in [0.2, 0.25) is 0 Å². The van der Waals surface area contributed by atoms with Crippen LogP contribution in [0, 0.1) is 17.8 Å². The van der Waals surface area contributed by atoms with Gasteiger partial charge in [0.05, 0.1) is 6.61 Å². The van der Waals surface area contributed by atoms with E-state index in [0.29, 0.717) is 0 Å². The Balaban J connectivity index is 1.34. The van der Waals surface area contributed by atoms with Crippen molar-refractivity contribution in [1.29, 1.82) is 0 Å². The molecule has 1 heteroatoms. The van der Waals surface area contributed by atoms with Crippen LogP contribution in [0.2, 0.25) is 0 Å². The van der Waals surface area contributed by atoms with E-state index in [1.54, 1.807) is 5.57 Å². The number of rotatable bonds is 12. The number of hydrogen-bond acceptors (Lipinski definition) is 1. The molecular formula is C29H46O. The van der Waals surface area contributed by atoms with Gasteiger partial charge in [-0.1, -0.05) is 82.6 Å². The van der Waals surface area contributed by atoms with Gasteiger partial charge in [-0.2, -0.15) is 0 Å². The minimum Gasteiger partial charge on any atom is -0.494 e. The summed E-state index contributed by atoms with van der Waals surface area (Å²) >= 11 is 0. The van der Waals surface area contributed by atoms with E-state index in [9.17, 15) is 0 Å². The minimum absolute atomic E-state index is 0.849. The van der Waals surface area contributed by atoms with Crippen molar-refractivity contribution in [1.82, 2.24) is 0 Å².